The molecule has 136 valence electrons. The van der Waals surface area contributed by atoms with Gasteiger partial charge in [0.2, 0.25) is 5.91 Å². The third-order valence-electron chi connectivity index (χ3n) is 4.00. The molecule has 25 heavy (non-hydrogen) atoms. The average molecular weight is 382 g/mol. The Balaban J connectivity index is 1.99. The molecule has 1 heterocycles. The van der Waals surface area contributed by atoms with E-state index in [4.69, 9.17) is 16.3 Å². The van der Waals surface area contributed by atoms with Crippen molar-refractivity contribution in [2.45, 2.75) is 44.3 Å². The van der Waals surface area contributed by atoms with Crippen molar-refractivity contribution in [2.75, 3.05) is 13.7 Å². The van der Waals surface area contributed by atoms with Crippen LogP contribution in [0, 0.1) is 13.8 Å². The van der Waals surface area contributed by atoms with Crippen LogP contribution in [0.25, 0.3) is 0 Å². The summed E-state index contributed by atoms with van der Waals surface area (Å²) >= 11 is 7.58. The molecular formula is C18H24ClN3O2S. The van der Waals surface area contributed by atoms with Gasteiger partial charge in [0, 0.05) is 30.9 Å². The molecule has 0 radical (unpaired) electrons. The van der Waals surface area contributed by atoms with Crippen LogP contribution in [0.1, 0.15) is 23.9 Å². The molecule has 0 fully saturated rings. The molecule has 2 aromatic rings. The molecule has 1 aromatic carbocycles. The minimum atomic E-state index is -0.259. The van der Waals surface area contributed by atoms with E-state index in [0.717, 1.165) is 28.7 Å². The van der Waals surface area contributed by atoms with Gasteiger partial charge in [-0.25, -0.2) is 4.98 Å². The van der Waals surface area contributed by atoms with Crippen molar-refractivity contribution in [3.63, 3.8) is 0 Å². The van der Waals surface area contributed by atoms with E-state index in [2.05, 4.69) is 14.9 Å². The van der Waals surface area contributed by atoms with Crippen LogP contribution in [0.4, 0.5) is 0 Å². The largest absolute Gasteiger partial charge is 0.383 e. The van der Waals surface area contributed by atoms with E-state index in [1.807, 2.05) is 45.0 Å². The summed E-state index contributed by atoms with van der Waals surface area (Å²) in [6.45, 7) is 7.64. The fourth-order valence-electron chi connectivity index (χ4n) is 2.34. The van der Waals surface area contributed by atoms with E-state index < -0.39 is 0 Å². The number of imidazole rings is 1. The summed E-state index contributed by atoms with van der Waals surface area (Å²) in [5.41, 5.74) is 2.98. The molecule has 2 rings (SSSR count). The first-order valence-electron chi connectivity index (χ1n) is 8.14. The third-order valence-corrected chi connectivity index (χ3v) is 5.46. The molecule has 7 heteroatoms. The number of aryl methyl sites for hydroxylation is 1. The summed E-state index contributed by atoms with van der Waals surface area (Å²) in [5, 5.41) is 4.18. The summed E-state index contributed by atoms with van der Waals surface area (Å²) in [4.78, 5) is 17.0. The highest BCUT2D eigenvalue weighted by atomic mass is 35.5. The fraction of sp³-hybridized carbons (Fsp3) is 0.444. The lowest BCUT2D eigenvalue weighted by atomic mass is 10.2. The number of benzene rings is 1. The fourth-order valence-corrected chi connectivity index (χ4v) is 3.59. The van der Waals surface area contributed by atoms with Crippen molar-refractivity contribution in [3.05, 3.63) is 46.2 Å². The Bertz CT molecular complexity index is 733. The second-order valence-corrected chi connectivity index (χ2v) is 7.49. The molecule has 0 bridgehead atoms. The van der Waals surface area contributed by atoms with Crippen molar-refractivity contribution in [1.82, 2.24) is 14.9 Å². The van der Waals surface area contributed by atoms with Gasteiger partial charge in [0.25, 0.3) is 0 Å². The molecule has 0 aliphatic rings. The van der Waals surface area contributed by atoms with Crippen molar-refractivity contribution in [1.29, 1.82) is 0 Å². The molecule has 0 saturated heterocycles. The van der Waals surface area contributed by atoms with Gasteiger partial charge in [-0.3, -0.25) is 4.79 Å². The molecule has 0 aliphatic heterocycles. The second-order valence-electron chi connectivity index (χ2n) is 5.78. The molecule has 0 aliphatic carbocycles. The highest BCUT2D eigenvalue weighted by Crippen LogP contribution is 2.25. The highest BCUT2D eigenvalue weighted by molar-refractivity contribution is 8.00. The number of methoxy groups -OCH3 is 1. The second kappa shape index (κ2) is 9.27. The maximum absolute atomic E-state index is 12.4. The number of thioether (sulfide) groups is 1. The van der Waals surface area contributed by atoms with Gasteiger partial charge in [0.1, 0.15) is 0 Å². The lowest BCUT2D eigenvalue weighted by Gasteiger charge is -2.14. The Morgan fingerprint density at radius 2 is 2.12 bits per heavy atom. The van der Waals surface area contributed by atoms with E-state index in [-0.39, 0.29) is 11.2 Å². The lowest BCUT2D eigenvalue weighted by molar-refractivity contribution is -0.120. The number of ether oxygens (including phenoxy) is 1. The molecule has 1 atom stereocenters. The first-order chi connectivity index (χ1) is 11.9. The number of halogens is 1. The Morgan fingerprint density at radius 1 is 1.40 bits per heavy atom. The number of nitrogens with one attached hydrogen (secondary N) is 1. The summed E-state index contributed by atoms with van der Waals surface area (Å²) in [6.07, 6.45) is 0. The molecule has 1 amide bonds. The van der Waals surface area contributed by atoms with Crippen LogP contribution in [-0.2, 0) is 22.6 Å². The number of carbonyl (C=O) groups excluding carboxylic acids is 1. The number of carbonyl (C=O) groups is 1. The zero-order valence-electron chi connectivity index (χ0n) is 15.0. The van der Waals surface area contributed by atoms with Gasteiger partial charge in [0.05, 0.1) is 17.6 Å². The topological polar surface area (TPSA) is 56.1 Å². The van der Waals surface area contributed by atoms with Crippen LogP contribution in [0.2, 0.25) is 5.02 Å². The summed E-state index contributed by atoms with van der Waals surface area (Å²) in [7, 11) is 1.68. The van der Waals surface area contributed by atoms with Gasteiger partial charge >= 0.3 is 0 Å². The maximum Gasteiger partial charge on any atom is 0.233 e. The normalized spacial score (nSPS) is 12.2. The van der Waals surface area contributed by atoms with Gasteiger partial charge in [0.15, 0.2) is 5.16 Å². The number of nitrogens with zero attached hydrogens (tertiary/aromatic N) is 2. The van der Waals surface area contributed by atoms with Crippen molar-refractivity contribution in [2.24, 2.45) is 0 Å². The molecule has 1 aromatic heterocycles. The monoisotopic (exact) mass is 381 g/mol. The summed E-state index contributed by atoms with van der Waals surface area (Å²) in [5.74, 6) is -0.0403. The number of hydrogen-bond donors (Lipinski definition) is 1. The molecule has 5 nitrogen and oxygen atoms in total. The predicted molar refractivity (Wildman–Crippen MR) is 102 cm³/mol. The summed E-state index contributed by atoms with van der Waals surface area (Å²) < 4.78 is 7.27. The van der Waals surface area contributed by atoms with E-state index in [1.54, 1.807) is 7.11 Å². The first kappa shape index (κ1) is 19.8. The first-order valence-corrected chi connectivity index (χ1v) is 9.40. The van der Waals surface area contributed by atoms with E-state index >= 15 is 0 Å². The van der Waals surface area contributed by atoms with E-state index in [1.165, 1.54) is 11.8 Å². The van der Waals surface area contributed by atoms with Crippen molar-refractivity contribution >= 4 is 29.3 Å². The Kier molecular flexibility index (Phi) is 7.35. The average Bonchev–Trinajstić information content (AvgIpc) is 2.85. The zero-order chi connectivity index (χ0) is 18.4. The molecule has 1 unspecified atom stereocenters. The number of rotatable bonds is 8. The maximum atomic E-state index is 12.4. The highest BCUT2D eigenvalue weighted by Gasteiger charge is 2.19. The van der Waals surface area contributed by atoms with Crippen LogP contribution >= 0.6 is 23.4 Å². The van der Waals surface area contributed by atoms with Crippen molar-refractivity contribution in [3.8, 4) is 0 Å². The zero-order valence-corrected chi connectivity index (χ0v) is 16.6. The minimum absolute atomic E-state index is 0.0403. The van der Waals surface area contributed by atoms with Crippen LogP contribution in [0.5, 0.6) is 0 Å². The van der Waals surface area contributed by atoms with Crippen LogP contribution < -0.4 is 5.32 Å². The SMILES string of the molecule is COCCn1c(SC(C)C(=O)NCc2ccccc2Cl)nc(C)c1C. The summed E-state index contributed by atoms with van der Waals surface area (Å²) in [6, 6.07) is 7.50. The molecule has 0 saturated carbocycles. The third kappa shape index (κ3) is 5.23. The van der Waals surface area contributed by atoms with Gasteiger partial charge in [-0.15, -0.1) is 0 Å². The minimum Gasteiger partial charge on any atom is -0.383 e. The number of aromatic nitrogens is 2. The van der Waals surface area contributed by atoms with E-state index in [0.29, 0.717) is 18.2 Å². The smallest absolute Gasteiger partial charge is 0.233 e. The van der Waals surface area contributed by atoms with Gasteiger partial charge in [-0.1, -0.05) is 41.6 Å². The Hall–Kier alpha value is -1.50. The quantitative estimate of drug-likeness (QED) is 0.710. The molecule has 0 spiro atoms. The van der Waals surface area contributed by atoms with Crippen LogP contribution in [0.15, 0.2) is 29.4 Å². The Morgan fingerprint density at radius 3 is 2.80 bits per heavy atom. The van der Waals surface area contributed by atoms with Gasteiger partial charge in [-0.05, 0) is 32.4 Å². The van der Waals surface area contributed by atoms with Gasteiger partial charge < -0.3 is 14.6 Å². The van der Waals surface area contributed by atoms with Crippen LogP contribution in [-0.4, -0.2) is 34.4 Å². The van der Waals surface area contributed by atoms with E-state index in [9.17, 15) is 4.79 Å². The molecular weight excluding hydrogens is 358 g/mol. The lowest BCUT2D eigenvalue weighted by Crippen LogP contribution is -2.30. The number of amides is 1. The van der Waals surface area contributed by atoms with Gasteiger partial charge in [-0.2, -0.15) is 0 Å². The standard InChI is InChI=1S/C18H24ClN3O2S/c1-12-13(2)22(9-10-24-4)18(21-12)25-14(3)17(23)20-11-15-7-5-6-8-16(15)19/h5-8,14H,9-11H2,1-4H3,(H,20,23). The predicted octanol–water partition coefficient (Wildman–Crippen LogP) is 3.60. The Labute approximate surface area is 158 Å². The number of hydrogen-bond acceptors (Lipinski definition) is 4. The van der Waals surface area contributed by atoms with Crippen molar-refractivity contribution < 1.29 is 9.53 Å². The van der Waals surface area contributed by atoms with Crippen LogP contribution in [0.3, 0.4) is 0 Å². The molecule has 1 N–H and O–H groups in total.